The summed E-state index contributed by atoms with van der Waals surface area (Å²) in [4.78, 5) is 11.8. The first-order valence-electron chi connectivity index (χ1n) is 10.2. The van der Waals surface area contributed by atoms with Crippen molar-refractivity contribution >= 4 is 39.9 Å². The van der Waals surface area contributed by atoms with Crippen LogP contribution in [0.5, 0.6) is 5.75 Å². The van der Waals surface area contributed by atoms with Crippen molar-refractivity contribution in [2.24, 2.45) is 5.11 Å². The monoisotopic (exact) mass is 478 g/mol. The van der Waals surface area contributed by atoms with Crippen molar-refractivity contribution in [3.8, 4) is 5.75 Å². The summed E-state index contributed by atoms with van der Waals surface area (Å²) in [5, 5.41) is 5.48. The molecule has 0 aliphatic carbocycles. The van der Waals surface area contributed by atoms with Crippen LogP contribution >= 0.6 is 23.2 Å². The molecular weight excluding hydrogens is 459 g/mol. The molecule has 0 aliphatic heterocycles. The second-order valence-corrected chi connectivity index (χ2v) is 8.10. The minimum atomic E-state index is -0.426. The molecule has 0 amide bonds. The molecule has 0 fully saturated rings. The van der Waals surface area contributed by atoms with Crippen LogP contribution in [0, 0.1) is 0 Å². The van der Waals surface area contributed by atoms with Gasteiger partial charge in [0.2, 0.25) is 0 Å². The van der Waals surface area contributed by atoms with Crippen LogP contribution in [0.4, 0.5) is 5.82 Å². The third kappa shape index (κ3) is 4.39. The van der Waals surface area contributed by atoms with E-state index in [9.17, 15) is 0 Å². The number of fused-ring (bicyclic) bond motifs is 1. The maximum Gasteiger partial charge on any atom is 0.149 e. The highest BCUT2D eigenvalue weighted by Crippen LogP contribution is 2.45. The molecule has 4 aromatic rings. The largest absolute Gasteiger partial charge is 0.494 e. The fourth-order valence-corrected chi connectivity index (χ4v) is 4.50. The fourth-order valence-electron chi connectivity index (χ4n) is 4.08. The number of aromatic nitrogens is 2. The minimum Gasteiger partial charge on any atom is -0.494 e. The standard InChI is InChI=1S/C24H20Cl2N6O/c1-33-23-18(13-14(9-12-31-32-28)15-6-3-10-29-22(15)23)20(17-7-4-11-30-24(17)27)16-5-2-8-19(25)21(16)26/h2-8,10-11,13,20H,9,12H2,1H3,(H2,27,30). The number of halogens is 2. The highest BCUT2D eigenvalue weighted by Gasteiger charge is 2.28. The number of anilines is 1. The molecule has 7 nitrogen and oxygen atoms in total. The average Bonchev–Trinajstić information content (AvgIpc) is 2.83. The summed E-state index contributed by atoms with van der Waals surface area (Å²) in [5.41, 5.74) is 19.1. The van der Waals surface area contributed by atoms with Crippen LogP contribution < -0.4 is 10.5 Å². The van der Waals surface area contributed by atoms with E-state index in [1.165, 1.54) is 0 Å². The molecule has 4 rings (SSSR count). The minimum absolute atomic E-state index is 0.309. The SMILES string of the molecule is COc1c(C(c2cccnc2N)c2cccc(Cl)c2Cl)cc(CCN=[N+]=[N-])c2cccnc12. The Bertz CT molecular complexity index is 1370. The van der Waals surface area contributed by atoms with Crippen molar-refractivity contribution in [1.82, 2.24) is 9.97 Å². The Kier molecular flexibility index (Phi) is 6.84. The highest BCUT2D eigenvalue weighted by atomic mass is 35.5. The van der Waals surface area contributed by atoms with Gasteiger partial charge in [-0.15, -0.1) is 0 Å². The molecule has 2 aromatic heterocycles. The third-order valence-corrected chi connectivity index (χ3v) is 6.33. The molecule has 1 unspecified atom stereocenters. The van der Waals surface area contributed by atoms with Crippen molar-refractivity contribution in [3.63, 3.8) is 0 Å². The number of rotatable bonds is 7. The van der Waals surface area contributed by atoms with Gasteiger partial charge in [0.15, 0.2) is 0 Å². The Hall–Kier alpha value is -3.51. The van der Waals surface area contributed by atoms with Crippen LogP contribution in [0.25, 0.3) is 21.3 Å². The number of nitrogen functional groups attached to an aromatic ring is 1. The van der Waals surface area contributed by atoms with Crippen LogP contribution in [0.15, 0.2) is 66.0 Å². The number of azide groups is 1. The number of hydrogen-bond acceptors (Lipinski definition) is 5. The predicted octanol–water partition coefficient (Wildman–Crippen LogP) is 6.56. The van der Waals surface area contributed by atoms with Crippen molar-refractivity contribution in [1.29, 1.82) is 0 Å². The van der Waals surface area contributed by atoms with Gasteiger partial charge in [0.05, 0.1) is 17.2 Å². The summed E-state index contributed by atoms with van der Waals surface area (Å²) in [6.45, 7) is 0.309. The van der Waals surface area contributed by atoms with Gasteiger partial charge in [0, 0.05) is 46.3 Å². The normalized spacial score (nSPS) is 11.7. The van der Waals surface area contributed by atoms with Gasteiger partial charge in [-0.3, -0.25) is 4.98 Å². The number of methoxy groups -OCH3 is 1. The van der Waals surface area contributed by atoms with Crippen LogP contribution in [-0.4, -0.2) is 23.6 Å². The van der Waals surface area contributed by atoms with E-state index >= 15 is 0 Å². The molecule has 0 saturated carbocycles. The number of ether oxygens (including phenoxy) is 1. The Morgan fingerprint density at radius 1 is 1.06 bits per heavy atom. The summed E-state index contributed by atoms with van der Waals surface area (Å²) in [7, 11) is 1.61. The number of hydrogen-bond donors (Lipinski definition) is 1. The molecule has 33 heavy (non-hydrogen) atoms. The Balaban J connectivity index is 2.07. The van der Waals surface area contributed by atoms with Gasteiger partial charge in [-0.25, -0.2) is 4.98 Å². The van der Waals surface area contributed by atoms with E-state index in [4.69, 9.17) is 39.2 Å². The van der Waals surface area contributed by atoms with Crippen LogP contribution in [0.1, 0.15) is 28.2 Å². The molecule has 1 atom stereocenters. The predicted molar refractivity (Wildman–Crippen MR) is 132 cm³/mol. The average molecular weight is 479 g/mol. The Morgan fingerprint density at radius 2 is 1.82 bits per heavy atom. The van der Waals surface area contributed by atoms with Crippen molar-refractivity contribution in [2.45, 2.75) is 12.3 Å². The van der Waals surface area contributed by atoms with Gasteiger partial charge in [-0.05, 0) is 41.3 Å². The second kappa shape index (κ2) is 9.96. The van der Waals surface area contributed by atoms with Gasteiger partial charge in [-0.1, -0.05) is 58.6 Å². The zero-order valence-corrected chi connectivity index (χ0v) is 19.3. The van der Waals surface area contributed by atoms with Gasteiger partial charge < -0.3 is 10.5 Å². The topological polar surface area (TPSA) is 110 Å². The first-order chi connectivity index (χ1) is 16.1. The van der Waals surface area contributed by atoms with Crippen molar-refractivity contribution in [2.75, 3.05) is 19.4 Å². The first-order valence-corrected chi connectivity index (χ1v) is 10.9. The van der Waals surface area contributed by atoms with Crippen LogP contribution in [-0.2, 0) is 6.42 Å². The fraction of sp³-hybridized carbons (Fsp3) is 0.167. The second-order valence-electron chi connectivity index (χ2n) is 7.32. The molecule has 2 heterocycles. The summed E-state index contributed by atoms with van der Waals surface area (Å²) in [6.07, 6.45) is 3.88. The lowest BCUT2D eigenvalue weighted by molar-refractivity contribution is 0.413. The van der Waals surface area contributed by atoms with E-state index in [2.05, 4.69) is 20.0 Å². The smallest absolute Gasteiger partial charge is 0.149 e. The maximum atomic E-state index is 8.74. The van der Waals surface area contributed by atoms with Crippen molar-refractivity contribution in [3.05, 3.63) is 104 Å². The zero-order chi connectivity index (χ0) is 23.4. The third-order valence-electron chi connectivity index (χ3n) is 5.49. The maximum absolute atomic E-state index is 8.74. The number of nitrogens with two attached hydrogens (primary N) is 1. The molecule has 0 spiro atoms. The van der Waals surface area contributed by atoms with E-state index in [0.29, 0.717) is 40.1 Å². The molecule has 2 N–H and O–H groups in total. The molecule has 0 saturated heterocycles. The van der Waals surface area contributed by atoms with E-state index in [1.54, 1.807) is 25.6 Å². The van der Waals surface area contributed by atoms with Gasteiger partial charge in [-0.2, -0.15) is 0 Å². The quantitative estimate of drug-likeness (QED) is 0.184. The molecule has 0 radical (unpaired) electrons. The van der Waals surface area contributed by atoms with Gasteiger partial charge in [0.25, 0.3) is 0 Å². The van der Waals surface area contributed by atoms with E-state index in [1.807, 2.05) is 42.5 Å². The van der Waals surface area contributed by atoms with E-state index in [-0.39, 0.29) is 0 Å². The van der Waals surface area contributed by atoms with Crippen molar-refractivity contribution < 1.29 is 4.74 Å². The first kappa shape index (κ1) is 22.7. The molecule has 166 valence electrons. The van der Waals surface area contributed by atoms with Crippen LogP contribution in [0.2, 0.25) is 10.0 Å². The highest BCUT2D eigenvalue weighted by molar-refractivity contribution is 6.42. The summed E-state index contributed by atoms with van der Waals surface area (Å²) < 4.78 is 5.89. The summed E-state index contributed by atoms with van der Waals surface area (Å²) in [6, 6.07) is 15.1. The molecular formula is C24H20Cl2N6O. The lowest BCUT2D eigenvalue weighted by Crippen LogP contribution is -2.11. The molecule has 2 aromatic carbocycles. The van der Waals surface area contributed by atoms with Crippen LogP contribution in [0.3, 0.4) is 0 Å². The molecule has 0 aliphatic rings. The number of benzene rings is 2. The molecule has 0 bridgehead atoms. The lowest BCUT2D eigenvalue weighted by atomic mass is 9.83. The number of pyridine rings is 2. The lowest BCUT2D eigenvalue weighted by Gasteiger charge is -2.25. The zero-order valence-electron chi connectivity index (χ0n) is 17.7. The molecule has 9 heteroatoms. The van der Waals surface area contributed by atoms with E-state index < -0.39 is 5.92 Å². The number of nitrogens with zero attached hydrogens (tertiary/aromatic N) is 5. The van der Waals surface area contributed by atoms with E-state index in [0.717, 1.165) is 27.6 Å². The van der Waals surface area contributed by atoms with Gasteiger partial charge in [0.1, 0.15) is 17.1 Å². The Morgan fingerprint density at radius 3 is 2.58 bits per heavy atom. The summed E-state index contributed by atoms with van der Waals surface area (Å²) >= 11 is 13.1. The van der Waals surface area contributed by atoms with Gasteiger partial charge >= 0.3 is 0 Å². The summed E-state index contributed by atoms with van der Waals surface area (Å²) in [5.74, 6) is 0.546. The Labute approximate surface area is 200 Å².